The number of hydrogen-bond donors (Lipinski definition) is 1. The van der Waals surface area contributed by atoms with Crippen LogP contribution in [-0.4, -0.2) is 17.6 Å². The van der Waals surface area contributed by atoms with Gasteiger partial charge in [-0.3, -0.25) is 4.98 Å². The third kappa shape index (κ3) is 2.45. The first-order valence-corrected chi connectivity index (χ1v) is 7.62. The van der Waals surface area contributed by atoms with Crippen molar-refractivity contribution in [3.05, 3.63) is 30.1 Å². The van der Waals surface area contributed by atoms with Crippen molar-refractivity contribution < 1.29 is 0 Å². The molecule has 0 atom stereocenters. The van der Waals surface area contributed by atoms with E-state index in [0.29, 0.717) is 0 Å². The SMILES string of the molecule is CCCCN(c1ccc(N)c2cnc(C)cc12)C1CC1. The summed E-state index contributed by atoms with van der Waals surface area (Å²) in [7, 11) is 0. The predicted molar refractivity (Wildman–Crippen MR) is 86.2 cm³/mol. The number of nitrogen functional groups attached to an aromatic ring is 1. The number of nitrogens with zero attached hydrogens (tertiary/aromatic N) is 2. The molecule has 0 saturated heterocycles. The number of anilines is 2. The summed E-state index contributed by atoms with van der Waals surface area (Å²) >= 11 is 0. The lowest BCUT2D eigenvalue weighted by atomic mass is 10.1. The highest BCUT2D eigenvalue weighted by Crippen LogP contribution is 2.37. The second kappa shape index (κ2) is 5.31. The van der Waals surface area contributed by atoms with Crippen molar-refractivity contribution >= 4 is 22.1 Å². The molecule has 1 aromatic carbocycles. The summed E-state index contributed by atoms with van der Waals surface area (Å²) in [6.07, 6.45) is 7.02. The van der Waals surface area contributed by atoms with Gasteiger partial charge in [0.05, 0.1) is 0 Å². The molecule has 0 spiro atoms. The molecule has 2 N–H and O–H groups in total. The number of benzene rings is 1. The number of fused-ring (bicyclic) bond motifs is 1. The van der Waals surface area contributed by atoms with Gasteiger partial charge in [-0.15, -0.1) is 0 Å². The van der Waals surface area contributed by atoms with Crippen LogP contribution in [0.1, 0.15) is 38.3 Å². The third-order valence-corrected chi connectivity index (χ3v) is 4.10. The van der Waals surface area contributed by atoms with Gasteiger partial charge in [-0.05, 0) is 44.4 Å². The molecule has 3 nitrogen and oxygen atoms in total. The average molecular weight is 269 g/mol. The zero-order chi connectivity index (χ0) is 14.1. The van der Waals surface area contributed by atoms with Crippen molar-refractivity contribution in [3.8, 4) is 0 Å². The van der Waals surface area contributed by atoms with Crippen LogP contribution in [0, 0.1) is 6.92 Å². The van der Waals surface area contributed by atoms with E-state index in [0.717, 1.165) is 29.4 Å². The normalized spacial score (nSPS) is 14.7. The summed E-state index contributed by atoms with van der Waals surface area (Å²) in [4.78, 5) is 6.97. The van der Waals surface area contributed by atoms with E-state index in [9.17, 15) is 0 Å². The first-order valence-electron chi connectivity index (χ1n) is 7.62. The van der Waals surface area contributed by atoms with E-state index in [4.69, 9.17) is 5.73 Å². The molecule has 0 radical (unpaired) electrons. The van der Waals surface area contributed by atoms with Crippen molar-refractivity contribution in [2.45, 2.75) is 45.6 Å². The van der Waals surface area contributed by atoms with Crippen LogP contribution in [0.4, 0.5) is 11.4 Å². The Hall–Kier alpha value is -1.77. The van der Waals surface area contributed by atoms with Crippen LogP contribution in [0.25, 0.3) is 10.8 Å². The fourth-order valence-electron chi connectivity index (χ4n) is 2.81. The number of unbranched alkanes of at least 4 members (excludes halogenated alkanes) is 1. The Bertz CT molecular complexity index is 617. The molecule has 3 rings (SSSR count). The van der Waals surface area contributed by atoms with E-state index in [1.54, 1.807) is 0 Å². The number of aromatic nitrogens is 1. The molecule has 1 saturated carbocycles. The Balaban J connectivity index is 2.09. The number of aryl methyl sites for hydroxylation is 1. The van der Waals surface area contributed by atoms with Gasteiger partial charge in [0.15, 0.2) is 0 Å². The molecule has 0 bridgehead atoms. The number of pyridine rings is 1. The third-order valence-electron chi connectivity index (χ3n) is 4.10. The van der Waals surface area contributed by atoms with Crippen LogP contribution >= 0.6 is 0 Å². The monoisotopic (exact) mass is 269 g/mol. The molecule has 0 unspecified atom stereocenters. The van der Waals surface area contributed by atoms with E-state index in [2.05, 4.69) is 28.9 Å². The van der Waals surface area contributed by atoms with Crippen LogP contribution in [0.2, 0.25) is 0 Å². The van der Waals surface area contributed by atoms with Crippen molar-refractivity contribution in [1.29, 1.82) is 0 Å². The lowest BCUT2D eigenvalue weighted by Gasteiger charge is -2.26. The second-order valence-electron chi connectivity index (χ2n) is 5.82. The molecule has 1 aromatic heterocycles. The maximum Gasteiger partial charge on any atom is 0.0451 e. The zero-order valence-corrected chi connectivity index (χ0v) is 12.4. The fraction of sp³-hybridized carbons (Fsp3) is 0.471. The molecule has 1 fully saturated rings. The van der Waals surface area contributed by atoms with Crippen molar-refractivity contribution in [1.82, 2.24) is 4.98 Å². The predicted octanol–water partition coefficient (Wildman–Crippen LogP) is 3.89. The van der Waals surface area contributed by atoms with Gasteiger partial charge in [0, 0.05) is 46.6 Å². The molecular weight excluding hydrogens is 246 g/mol. The number of hydrogen-bond acceptors (Lipinski definition) is 3. The smallest absolute Gasteiger partial charge is 0.0451 e. The van der Waals surface area contributed by atoms with E-state index in [1.807, 2.05) is 19.2 Å². The van der Waals surface area contributed by atoms with Gasteiger partial charge in [-0.25, -0.2) is 0 Å². The van der Waals surface area contributed by atoms with Crippen molar-refractivity contribution in [2.75, 3.05) is 17.2 Å². The van der Waals surface area contributed by atoms with Crippen LogP contribution < -0.4 is 10.6 Å². The van der Waals surface area contributed by atoms with Crippen molar-refractivity contribution in [2.24, 2.45) is 0 Å². The minimum Gasteiger partial charge on any atom is -0.398 e. The fourth-order valence-corrected chi connectivity index (χ4v) is 2.81. The largest absolute Gasteiger partial charge is 0.398 e. The van der Waals surface area contributed by atoms with Gasteiger partial charge in [0.1, 0.15) is 0 Å². The highest BCUT2D eigenvalue weighted by Gasteiger charge is 2.29. The Morgan fingerprint density at radius 2 is 2.10 bits per heavy atom. The summed E-state index contributed by atoms with van der Waals surface area (Å²) < 4.78 is 0. The number of rotatable bonds is 5. The quantitative estimate of drug-likeness (QED) is 0.837. The highest BCUT2D eigenvalue weighted by molar-refractivity contribution is 6.01. The minimum atomic E-state index is 0.724. The molecular formula is C17H23N3. The molecule has 20 heavy (non-hydrogen) atoms. The van der Waals surface area contributed by atoms with Gasteiger partial charge in [-0.1, -0.05) is 13.3 Å². The molecule has 2 aromatic rings. The topological polar surface area (TPSA) is 42.1 Å². The van der Waals surface area contributed by atoms with E-state index in [-0.39, 0.29) is 0 Å². The molecule has 1 heterocycles. The van der Waals surface area contributed by atoms with Crippen molar-refractivity contribution in [3.63, 3.8) is 0 Å². The van der Waals surface area contributed by atoms with Gasteiger partial charge in [-0.2, -0.15) is 0 Å². The Kier molecular flexibility index (Phi) is 3.51. The standard InChI is InChI=1S/C17H23N3/c1-3-4-9-20(13-5-6-13)17-8-7-16(18)15-11-19-12(2)10-14(15)17/h7-8,10-11,13H,3-6,9,18H2,1-2H3. The van der Waals surface area contributed by atoms with Crippen LogP contribution in [-0.2, 0) is 0 Å². The summed E-state index contributed by atoms with van der Waals surface area (Å²) in [5.74, 6) is 0. The molecule has 3 heteroatoms. The molecule has 0 aliphatic heterocycles. The summed E-state index contributed by atoms with van der Waals surface area (Å²) in [6.45, 7) is 5.43. The average Bonchev–Trinajstić information content (AvgIpc) is 3.26. The van der Waals surface area contributed by atoms with E-state index >= 15 is 0 Å². The first-order chi connectivity index (χ1) is 9.70. The van der Waals surface area contributed by atoms with Gasteiger partial charge >= 0.3 is 0 Å². The summed E-state index contributed by atoms with van der Waals surface area (Å²) in [5, 5.41) is 2.33. The maximum absolute atomic E-state index is 6.11. The second-order valence-corrected chi connectivity index (χ2v) is 5.82. The molecule has 106 valence electrons. The highest BCUT2D eigenvalue weighted by atomic mass is 15.2. The minimum absolute atomic E-state index is 0.724. The first kappa shape index (κ1) is 13.2. The summed E-state index contributed by atoms with van der Waals surface area (Å²) in [6, 6.07) is 7.10. The van der Waals surface area contributed by atoms with Crippen LogP contribution in [0.3, 0.4) is 0 Å². The molecule has 0 amide bonds. The van der Waals surface area contributed by atoms with Crippen LogP contribution in [0.5, 0.6) is 0 Å². The molecule has 1 aliphatic carbocycles. The zero-order valence-electron chi connectivity index (χ0n) is 12.4. The Labute approximate surface area is 120 Å². The van der Waals surface area contributed by atoms with Gasteiger partial charge in [0.25, 0.3) is 0 Å². The van der Waals surface area contributed by atoms with Crippen LogP contribution in [0.15, 0.2) is 24.4 Å². The molecule has 1 aliphatic rings. The maximum atomic E-state index is 6.11. The van der Waals surface area contributed by atoms with E-state index in [1.165, 1.54) is 36.8 Å². The van der Waals surface area contributed by atoms with Gasteiger partial charge in [0.2, 0.25) is 0 Å². The Morgan fingerprint density at radius 3 is 2.80 bits per heavy atom. The number of nitrogens with two attached hydrogens (primary N) is 1. The lowest BCUT2D eigenvalue weighted by Crippen LogP contribution is -2.27. The van der Waals surface area contributed by atoms with Gasteiger partial charge < -0.3 is 10.6 Å². The summed E-state index contributed by atoms with van der Waals surface area (Å²) in [5.41, 5.74) is 9.31. The van der Waals surface area contributed by atoms with E-state index < -0.39 is 0 Å². The Morgan fingerprint density at radius 1 is 1.30 bits per heavy atom. The lowest BCUT2D eigenvalue weighted by molar-refractivity contribution is 0.715.